The summed E-state index contributed by atoms with van der Waals surface area (Å²) < 4.78 is 0. The molecule has 4 aromatic rings. The van der Waals surface area contributed by atoms with Crippen molar-refractivity contribution in [2.45, 2.75) is 57.8 Å². The molecular weight excluding hydrogens is 404 g/mol. The van der Waals surface area contributed by atoms with Gasteiger partial charge in [0.1, 0.15) is 11.6 Å². The fraction of sp³-hybridized carbons (Fsp3) is 0.310. The molecular formula is C29H28N4. The van der Waals surface area contributed by atoms with Gasteiger partial charge in [0, 0.05) is 22.9 Å². The molecule has 2 unspecified atom stereocenters. The van der Waals surface area contributed by atoms with Crippen molar-refractivity contribution in [2.75, 3.05) is 0 Å². The smallest absolute Gasteiger partial charge is 0.163 e. The molecule has 0 amide bonds. The van der Waals surface area contributed by atoms with Crippen molar-refractivity contribution in [1.29, 1.82) is 0 Å². The van der Waals surface area contributed by atoms with E-state index in [1.807, 2.05) is 20.0 Å². The van der Waals surface area contributed by atoms with Crippen molar-refractivity contribution in [1.82, 2.24) is 19.9 Å². The van der Waals surface area contributed by atoms with Crippen LogP contribution in [0.25, 0.3) is 33.8 Å². The van der Waals surface area contributed by atoms with Gasteiger partial charge in [0.25, 0.3) is 0 Å². The molecule has 2 aromatic heterocycles. The van der Waals surface area contributed by atoms with E-state index in [9.17, 15) is 0 Å². The van der Waals surface area contributed by atoms with E-state index in [0.29, 0.717) is 16.7 Å². The predicted molar refractivity (Wildman–Crippen MR) is 132 cm³/mol. The maximum atomic E-state index is 4.82. The molecule has 6 rings (SSSR count). The zero-order chi connectivity index (χ0) is 22.8. The second-order valence-electron chi connectivity index (χ2n) is 10.3. The lowest BCUT2D eigenvalue weighted by atomic mass is 9.77. The van der Waals surface area contributed by atoms with E-state index in [2.05, 4.69) is 83.4 Å². The Balaban J connectivity index is 1.27. The van der Waals surface area contributed by atoms with E-state index in [-0.39, 0.29) is 0 Å². The number of pyridine rings is 1. The first-order valence-corrected chi connectivity index (χ1v) is 11.7. The monoisotopic (exact) mass is 432 g/mol. The maximum absolute atomic E-state index is 4.82. The topological polar surface area (TPSA) is 51.6 Å². The first-order chi connectivity index (χ1) is 15.8. The highest BCUT2D eigenvalue weighted by molar-refractivity contribution is 5.70. The summed E-state index contributed by atoms with van der Waals surface area (Å²) >= 11 is 0. The first kappa shape index (κ1) is 20.2. The van der Waals surface area contributed by atoms with Gasteiger partial charge in [0.2, 0.25) is 0 Å². The van der Waals surface area contributed by atoms with Crippen molar-refractivity contribution in [3.8, 4) is 33.8 Å². The summed E-state index contributed by atoms with van der Waals surface area (Å²) in [6.45, 7) is 8.66. The Bertz CT molecular complexity index is 1350. The number of hydrogen-bond donors (Lipinski definition) is 0. The van der Waals surface area contributed by atoms with Crippen LogP contribution in [0.1, 0.15) is 55.9 Å². The average Bonchev–Trinajstić information content (AvgIpc) is 3.26. The highest BCUT2D eigenvalue weighted by atomic mass is 15.0. The number of nitrogens with zero attached hydrogens (tertiary/aromatic N) is 4. The van der Waals surface area contributed by atoms with Gasteiger partial charge in [-0.05, 0) is 72.8 Å². The van der Waals surface area contributed by atoms with Crippen molar-refractivity contribution in [3.63, 3.8) is 0 Å². The lowest BCUT2D eigenvalue weighted by Crippen LogP contribution is -2.17. The molecule has 2 aliphatic carbocycles. The summed E-state index contributed by atoms with van der Waals surface area (Å²) in [4.78, 5) is 18.0. The molecule has 2 aromatic carbocycles. The number of fused-ring (bicyclic) bond motifs is 5. The fourth-order valence-electron chi connectivity index (χ4n) is 6.07. The first-order valence-electron chi connectivity index (χ1n) is 11.7. The molecule has 1 fully saturated rings. The zero-order valence-corrected chi connectivity index (χ0v) is 19.7. The van der Waals surface area contributed by atoms with Gasteiger partial charge in [-0.15, -0.1) is 0 Å². The van der Waals surface area contributed by atoms with Crippen LogP contribution < -0.4 is 0 Å². The minimum atomic E-state index is 0.331. The highest BCUT2D eigenvalue weighted by Crippen LogP contribution is 2.60. The van der Waals surface area contributed by atoms with Crippen LogP contribution in [0, 0.1) is 13.8 Å². The van der Waals surface area contributed by atoms with Gasteiger partial charge in [0.15, 0.2) is 5.82 Å². The molecule has 33 heavy (non-hydrogen) atoms. The molecule has 0 aliphatic heterocycles. The zero-order valence-electron chi connectivity index (χ0n) is 19.7. The molecule has 4 nitrogen and oxygen atoms in total. The highest BCUT2D eigenvalue weighted by Gasteiger charge is 2.52. The third-order valence-electron chi connectivity index (χ3n) is 7.72. The summed E-state index contributed by atoms with van der Waals surface area (Å²) in [6.07, 6.45) is 5.87. The normalized spacial score (nSPS) is 23.0. The van der Waals surface area contributed by atoms with Gasteiger partial charge in [0.05, 0.1) is 5.69 Å². The Hall–Kier alpha value is -3.40. The minimum absolute atomic E-state index is 0.331. The van der Waals surface area contributed by atoms with E-state index in [1.165, 1.54) is 24.8 Å². The molecule has 0 radical (unpaired) electrons. The van der Waals surface area contributed by atoms with E-state index in [4.69, 9.17) is 4.98 Å². The van der Waals surface area contributed by atoms with Crippen LogP contribution in [0.5, 0.6) is 0 Å². The molecule has 2 atom stereocenters. The molecule has 4 heteroatoms. The maximum Gasteiger partial charge on any atom is 0.163 e. The molecule has 2 aliphatic rings. The summed E-state index contributed by atoms with van der Waals surface area (Å²) in [5.74, 6) is 2.19. The van der Waals surface area contributed by atoms with E-state index in [1.54, 1.807) is 11.1 Å². The third kappa shape index (κ3) is 3.28. The van der Waals surface area contributed by atoms with Crippen LogP contribution in [-0.4, -0.2) is 19.9 Å². The van der Waals surface area contributed by atoms with Crippen LogP contribution in [0.2, 0.25) is 0 Å². The van der Waals surface area contributed by atoms with Gasteiger partial charge >= 0.3 is 0 Å². The average molecular weight is 433 g/mol. The van der Waals surface area contributed by atoms with Crippen LogP contribution in [0.15, 0.2) is 60.8 Å². The molecule has 0 spiro atoms. The molecule has 2 bridgehead atoms. The third-order valence-corrected chi connectivity index (χ3v) is 7.72. The predicted octanol–water partition coefficient (Wildman–Crippen LogP) is 6.60. The van der Waals surface area contributed by atoms with Crippen molar-refractivity contribution in [2.24, 2.45) is 0 Å². The van der Waals surface area contributed by atoms with E-state index in [0.717, 1.165) is 34.0 Å². The number of aryl methyl sites for hydroxylation is 2. The van der Waals surface area contributed by atoms with Crippen LogP contribution in [-0.2, 0) is 10.8 Å². The Morgan fingerprint density at radius 2 is 1.24 bits per heavy atom. The van der Waals surface area contributed by atoms with Gasteiger partial charge in [-0.25, -0.2) is 15.0 Å². The lowest BCUT2D eigenvalue weighted by Gasteiger charge is -2.27. The number of rotatable bonds is 3. The standard InChI is InChI=1S/C29H28N4/c1-18-31-19(2)33-27(32-18)21-7-5-20(6-8-21)23-10-12-26(30-16-23)22-9-11-24-25(15-22)29(4)14-13-28(24,3)17-29/h5-12,15-16H,13-14,17H2,1-4H3. The van der Waals surface area contributed by atoms with Crippen molar-refractivity contribution < 1.29 is 0 Å². The molecule has 164 valence electrons. The van der Waals surface area contributed by atoms with Gasteiger partial charge in [-0.3, -0.25) is 4.98 Å². The SMILES string of the molecule is Cc1nc(C)nc(-c2ccc(-c3ccc(-c4ccc5c(c4)C4(C)CCC5(C)C4)nc3)cc2)n1. The largest absolute Gasteiger partial charge is 0.256 e. The van der Waals surface area contributed by atoms with E-state index < -0.39 is 0 Å². The van der Waals surface area contributed by atoms with Crippen LogP contribution in [0.4, 0.5) is 0 Å². The number of benzene rings is 2. The van der Waals surface area contributed by atoms with Crippen LogP contribution in [0.3, 0.4) is 0 Å². The molecule has 0 saturated heterocycles. The summed E-state index contributed by atoms with van der Waals surface area (Å²) in [7, 11) is 0. The minimum Gasteiger partial charge on any atom is -0.256 e. The van der Waals surface area contributed by atoms with Gasteiger partial charge in [-0.1, -0.05) is 56.3 Å². The summed E-state index contributed by atoms with van der Waals surface area (Å²) in [5, 5.41) is 0. The lowest BCUT2D eigenvalue weighted by molar-refractivity contribution is 0.484. The van der Waals surface area contributed by atoms with Crippen LogP contribution >= 0.6 is 0 Å². The Morgan fingerprint density at radius 3 is 1.91 bits per heavy atom. The summed E-state index contributed by atoms with van der Waals surface area (Å²) in [5.41, 5.74) is 9.27. The van der Waals surface area contributed by atoms with E-state index >= 15 is 0 Å². The summed E-state index contributed by atoms with van der Waals surface area (Å²) in [6, 6.07) is 19.6. The van der Waals surface area contributed by atoms with Crippen molar-refractivity contribution in [3.05, 3.63) is 83.6 Å². The second-order valence-corrected chi connectivity index (χ2v) is 10.3. The number of aromatic nitrogens is 4. The Labute approximate surface area is 195 Å². The fourth-order valence-corrected chi connectivity index (χ4v) is 6.07. The quantitative estimate of drug-likeness (QED) is 0.366. The van der Waals surface area contributed by atoms with Gasteiger partial charge < -0.3 is 0 Å². The van der Waals surface area contributed by atoms with Gasteiger partial charge in [-0.2, -0.15) is 0 Å². The second kappa shape index (κ2) is 7.05. The Kier molecular flexibility index (Phi) is 4.32. The number of hydrogen-bond acceptors (Lipinski definition) is 4. The van der Waals surface area contributed by atoms with Crippen molar-refractivity contribution >= 4 is 0 Å². The molecule has 1 saturated carbocycles. The Morgan fingerprint density at radius 1 is 0.636 bits per heavy atom. The molecule has 2 heterocycles. The molecule has 0 N–H and O–H groups in total.